The van der Waals surface area contributed by atoms with E-state index in [2.05, 4.69) is 25.4 Å². The number of ether oxygens (including phenoxy) is 2. The number of hydrogen-bond donors (Lipinski definition) is 2. The number of benzene rings is 1. The van der Waals surface area contributed by atoms with Crippen molar-refractivity contribution in [3.8, 4) is 22.8 Å². The van der Waals surface area contributed by atoms with Crippen molar-refractivity contribution in [2.24, 2.45) is 0 Å². The second kappa shape index (κ2) is 7.46. The zero-order chi connectivity index (χ0) is 19.6. The molecule has 2 N–H and O–H groups in total. The lowest BCUT2D eigenvalue weighted by Gasteiger charge is -2.33. The van der Waals surface area contributed by atoms with E-state index in [0.29, 0.717) is 17.1 Å². The summed E-state index contributed by atoms with van der Waals surface area (Å²) in [5, 5.41) is 10.7. The van der Waals surface area contributed by atoms with Crippen LogP contribution in [0.15, 0.2) is 48.8 Å². The summed E-state index contributed by atoms with van der Waals surface area (Å²) in [6.45, 7) is 1.83. The molecule has 1 fully saturated rings. The van der Waals surface area contributed by atoms with Gasteiger partial charge in [-0.3, -0.25) is 14.9 Å². The lowest BCUT2D eigenvalue weighted by Crippen LogP contribution is -2.48. The average molecular weight is 391 g/mol. The van der Waals surface area contributed by atoms with Crippen LogP contribution >= 0.6 is 0 Å². The monoisotopic (exact) mass is 391 g/mol. The summed E-state index contributed by atoms with van der Waals surface area (Å²) in [5.74, 6) is 2.07. The molecule has 2 aromatic heterocycles. The van der Waals surface area contributed by atoms with Crippen molar-refractivity contribution in [1.82, 2.24) is 20.5 Å². The summed E-state index contributed by atoms with van der Waals surface area (Å²) < 4.78 is 10.7. The Labute approximate surface area is 167 Å². The van der Waals surface area contributed by atoms with E-state index >= 15 is 0 Å². The lowest BCUT2D eigenvalue weighted by atomic mass is 10.0. The number of carbonyl (C=O) groups excluding carboxylic acids is 1. The van der Waals surface area contributed by atoms with E-state index in [1.807, 2.05) is 18.2 Å². The van der Waals surface area contributed by atoms with Crippen molar-refractivity contribution in [1.29, 1.82) is 0 Å². The normalized spacial score (nSPS) is 17.9. The fourth-order valence-electron chi connectivity index (χ4n) is 3.76. The highest BCUT2D eigenvalue weighted by atomic mass is 16.7. The first-order valence-corrected chi connectivity index (χ1v) is 9.67. The van der Waals surface area contributed by atoms with Gasteiger partial charge >= 0.3 is 0 Å². The van der Waals surface area contributed by atoms with Crippen molar-refractivity contribution in [2.75, 3.05) is 24.8 Å². The second-order valence-corrected chi connectivity index (χ2v) is 7.20. The molecule has 5 rings (SSSR count). The second-order valence-electron chi connectivity index (χ2n) is 7.20. The first-order chi connectivity index (χ1) is 14.3. The maximum absolute atomic E-state index is 12.7. The summed E-state index contributed by atoms with van der Waals surface area (Å²) in [7, 11) is 0. The third-order valence-electron chi connectivity index (χ3n) is 5.27. The van der Waals surface area contributed by atoms with Gasteiger partial charge in [0.25, 0.3) is 5.91 Å². The number of nitrogens with zero attached hydrogens (tertiary/aromatic N) is 3. The van der Waals surface area contributed by atoms with Crippen LogP contribution in [0.4, 0.5) is 5.82 Å². The first kappa shape index (κ1) is 17.5. The van der Waals surface area contributed by atoms with E-state index in [1.165, 1.54) is 0 Å². The predicted molar refractivity (Wildman–Crippen MR) is 107 cm³/mol. The van der Waals surface area contributed by atoms with Gasteiger partial charge in [-0.15, -0.1) is 0 Å². The van der Waals surface area contributed by atoms with Crippen molar-refractivity contribution >= 4 is 11.7 Å². The number of pyridine rings is 1. The Bertz CT molecular complexity index is 1020. The molecule has 8 nitrogen and oxygen atoms in total. The summed E-state index contributed by atoms with van der Waals surface area (Å²) in [6.07, 6.45) is 5.45. The standard InChI is InChI=1S/C21H21N5O3/c27-21(15-3-4-18-19(10-15)29-13-28-18)23-16-2-1-9-26(12-16)20-11-17(24-25-20)14-5-7-22-8-6-14/h3-8,10-11,16H,1-2,9,12-13H2,(H,23,27)(H,24,25)/t16-/m0/s1. The van der Waals surface area contributed by atoms with Gasteiger partial charge in [-0.05, 0) is 43.2 Å². The molecular weight excluding hydrogens is 370 g/mol. The molecule has 1 atom stereocenters. The highest BCUT2D eigenvalue weighted by molar-refractivity contribution is 5.95. The molecule has 2 aliphatic rings. The fourth-order valence-corrected chi connectivity index (χ4v) is 3.76. The van der Waals surface area contributed by atoms with Crippen molar-refractivity contribution in [3.05, 3.63) is 54.4 Å². The third-order valence-corrected chi connectivity index (χ3v) is 5.27. The zero-order valence-electron chi connectivity index (χ0n) is 15.8. The van der Waals surface area contributed by atoms with E-state index in [1.54, 1.807) is 30.6 Å². The Kier molecular flexibility index (Phi) is 4.51. The van der Waals surface area contributed by atoms with Gasteiger partial charge in [0, 0.05) is 48.7 Å². The minimum absolute atomic E-state index is 0.0581. The van der Waals surface area contributed by atoms with Gasteiger partial charge in [-0.25, -0.2) is 0 Å². The molecule has 0 spiro atoms. The number of fused-ring (bicyclic) bond motifs is 1. The van der Waals surface area contributed by atoms with Gasteiger partial charge in [0.1, 0.15) is 0 Å². The van der Waals surface area contributed by atoms with E-state index < -0.39 is 0 Å². The van der Waals surface area contributed by atoms with Crippen LogP contribution in [0, 0.1) is 0 Å². The molecule has 1 amide bonds. The number of amides is 1. The van der Waals surface area contributed by atoms with E-state index in [0.717, 1.165) is 43.0 Å². The van der Waals surface area contributed by atoms with Crippen LogP contribution in [0.2, 0.25) is 0 Å². The average Bonchev–Trinajstić information content (AvgIpc) is 3.44. The third kappa shape index (κ3) is 3.61. The van der Waals surface area contributed by atoms with Crippen LogP contribution in [0.5, 0.6) is 11.5 Å². The van der Waals surface area contributed by atoms with Gasteiger partial charge in [-0.1, -0.05) is 0 Å². The molecule has 8 heteroatoms. The number of carbonyl (C=O) groups is 1. The van der Waals surface area contributed by atoms with Crippen molar-refractivity contribution in [3.63, 3.8) is 0 Å². The molecule has 0 saturated carbocycles. The topological polar surface area (TPSA) is 92.4 Å². The van der Waals surface area contributed by atoms with Crippen LogP contribution < -0.4 is 19.7 Å². The van der Waals surface area contributed by atoms with Crippen LogP contribution in [0.3, 0.4) is 0 Å². The van der Waals surface area contributed by atoms with E-state index in [4.69, 9.17) is 9.47 Å². The molecule has 29 heavy (non-hydrogen) atoms. The minimum Gasteiger partial charge on any atom is -0.454 e. The first-order valence-electron chi connectivity index (χ1n) is 9.67. The molecule has 2 aliphatic heterocycles. The van der Waals surface area contributed by atoms with E-state index in [-0.39, 0.29) is 18.7 Å². The molecule has 0 aliphatic carbocycles. The number of nitrogens with one attached hydrogen (secondary N) is 2. The summed E-state index contributed by atoms with van der Waals surface area (Å²) in [6, 6.07) is 11.3. The Morgan fingerprint density at radius 2 is 2.00 bits per heavy atom. The molecule has 4 heterocycles. The maximum atomic E-state index is 12.7. The fraction of sp³-hybridized carbons (Fsp3) is 0.286. The molecule has 0 radical (unpaired) electrons. The van der Waals surface area contributed by atoms with Crippen LogP contribution in [0.25, 0.3) is 11.3 Å². The van der Waals surface area contributed by atoms with Gasteiger partial charge < -0.3 is 19.7 Å². The van der Waals surface area contributed by atoms with Crippen LogP contribution in [0.1, 0.15) is 23.2 Å². The number of aromatic amines is 1. The maximum Gasteiger partial charge on any atom is 0.251 e. The highest BCUT2D eigenvalue weighted by Crippen LogP contribution is 2.32. The zero-order valence-corrected chi connectivity index (χ0v) is 15.8. The quantitative estimate of drug-likeness (QED) is 0.710. The SMILES string of the molecule is O=C(N[C@H]1CCCN(c2cc(-c3ccncc3)[nH]n2)C1)c1ccc2c(c1)OCO2. The molecule has 0 unspecified atom stereocenters. The number of H-pyrrole nitrogens is 1. The van der Waals surface area contributed by atoms with Crippen LogP contribution in [-0.4, -0.2) is 47.0 Å². The van der Waals surface area contributed by atoms with E-state index in [9.17, 15) is 4.79 Å². The number of anilines is 1. The summed E-state index contributed by atoms with van der Waals surface area (Å²) in [5.41, 5.74) is 2.57. The van der Waals surface area contributed by atoms with Crippen molar-refractivity contribution < 1.29 is 14.3 Å². The molecule has 148 valence electrons. The van der Waals surface area contributed by atoms with Crippen molar-refractivity contribution in [2.45, 2.75) is 18.9 Å². The molecule has 1 aromatic carbocycles. The number of piperidine rings is 1. The Balaban J connectivity index is 1.25. The smallest absolute Gasteiger partial charge is 0.251 e. The number of hydrogen-bond acceptors (Lipinski definition) is 6. The molecule has 3 aromatic rings. The number of aromatic nitrogens is 3. The minimum atomic E-state index is -0.102. The van der Waals surface area contributed by atoms with Gasteiger partial charge in [0.15, 0.2) is 17.3 Å². The predicted octanol–water partition coefficient (Wildman–Crippen LogP) is 2.60. The summed E-state index contributed by atoms with van der Waals surface area (Å²) in [4.78, 5) is 18.9. The Morgan fingerprint density at radius 1 is 1.14 bits per heavy atom. The number of rotatable bonds is 4. The van der Waals surface area contributed by atoms with Gasteiger partial charge in [0.05, 0.1) is 5.69 Å². The molecule has 1 saturated heterocycles. The van der Waals surface area contributed by atoms with Gasteiger partial charge in [-0.2, -0.15) is 5.10 Å². The lowest BCUT2D eigenvalue weighted by molar-refractivity contribution is 0.0932. The largest absolute Gasteiger partial charge is 0.454 e. The Hall–Kier alpha value is -3.55. The van der Waals surface area contributed by atoms with Gasteiger partial charge in [0.2, 0.25) is 6.79 Å². The Morgan fingerprint density at radius 3 is 2.90 bits per heavy atom. The highest BCUT2D eigenvalue weighted by Gasteiger charge is 2.24. The summed E-state index contributed by atoms with van der Waals surface area (Å²) >= 11 is 0. The molecule has 0 bridgehead atoms. The molecular formula is C21H21N5O3. The van der Waals surface area contributed by atoms with Crippen LogP contribution in [-0.2, 0) is 0 Å².